The summed E-state index contributed by atoms with van der Waals surface area (Å²) in [5.74, 6) is 0.760. The zero-order chi connectivity index (χ0) is 11.2. The number of nitrogens with one attached hydrogen (secondary N) is 2. The van der Waals surface area contributed by atoms with Crippen molar-refractivity contribution in [3.8, 4) is 0 Å². The van der Waals surface area contributed by atoms with Crippen LogP contribution in [0.3, 0.4) is 0 Å². The van der Waals surface area contributed by atoms with Crippen molar-refractivity contribution in [2.75, 3.05) is 16.4 Å². The van der Waals surface area contributed by atoms with Crippen molar-refractivity contribution in [1.82, 2.24) is 9.55 Å². The summed E-state index contributed by atoms with van der Waals surface area (Å²) >= 11 is 0. The van der Waals surface area contributed by atoms with Gasteiger partial charge in [-0.05, 0) is 13.8 Å². The lowest BCUT2D eigenvalue weighted by Gasteiger charge is -2.30. The highest BCUT2D eigenvalue weighted by atomic mass is 16.1. The van der Waals surface area contributed by atoms with Gasteiger partial charge in [0, 0.05) is 19.1 Å². The lowest BCUT2D eigenvalue weighted by Crippen LogP contribution is -2.43. The number of hydrogen-bond acceptors (Lipinski definition) is 5. The summed E-state index contributed by atoms with van der Waals surface area (Å²) in [7, 11) is 1.61. The molecule has 0 saturated heterocycles. The third kappa shape index (κ3) is 1.42. The molecule has 2 rings (SSSR count). The van der Waals surface area contributed by atoms with Crippen molar-refractivity contribution in [3.63, 3.8) is 0 Å². The number of nitrogens with two attached hydrogens (primary N) is 1. The quantitative estimate of drug-likeness (QED) is 0.559. The van der Waals surface area contributed by atoms with Gasteiger partial charge in [-0.1, -0.05) is 0 Å². The van der Waals surface area contributed by atoms with Gasteiger partial charge in [-0.2, -0.15) is 4.98 Å². The van der Waals surface area contributed by atoms with Gasteiger partial charge in [-0.3, -0.25) is 9.36 Å². The minimum atomic E-state index is -0.149. The second-order valence-electron chi connectivity index (χ2n) is 3.92. The summed E-state index contributed by atoms with van der Waals surface area (Å²) < 4.78 is 1.33. The van der Waals surface area contributed by atoms with Crippen molar-refractivity contribution >= 4 is 17.5 Å². The first kappa shape index (κ1) is 9.82. The molecule has 0 fully saturated rings. The number of nitrogen functional groups attached to an aromatic ring is 1. The maximum atomic E-state index is 11.8. The van der Waals surface area contributed by atoms with Crippen LogP contribution >= 0.6 is 0 Å². The highest BCUT2D eigenvalue weighted by molar-refractivity contribution is 5.68. The van der Waals surface area contributed by atoms with Gasteiger partial charge in [0.1, 0.15) is 5.69 Å². The molecule has 1 aromatic heterocycles. The first-order valence-electron chi connectivity index (χ1n) is 4.90. The van der Waals surface area contributed by atoms with E-state index in [4.69, 9.17) is 5.73 Å². The van der Waals surface area contributed by atoms with Crippen LogP contribution in [0.5, 0.6) is 0 Å². The standard InChI is InChI=1S/C9H15N5O/c1-4-5(2)12-7-6(11-4)8(15)14(3)9(10)13-7/h4-5,11-12H,1-3H3,(H2,10,13). The fraction of sp³-hybridized carbons (Fsp3) is 0.556. The van der Waals surface area contributed by atoms with Crippen LogP contribution in [0.2, 0.25) is 0 Å². The van der Waals surface area contributed by atoms with Crippen LogP contribution < -0.4 is 21.9 Å². The fourth-order valence-electron chi connectivity index (χ4n) is 1.55. The van der Waals surface area contributed by atoms with Crippen LogP contribution in [0.25, 0.3) is 0 Å². The fourth-order valence-corrected chi connectivity index (χ4v) is 1.55. The van der Waals surface area contributed by atoms with Gasteiger partial charge in [0.05, 0.1) is 0 Å². The third-order valence-electron chi connectivity index (χ3n) is 2.81. The van der Waals surface area contributed by atoms with E-state index in [1.165, 1.54) is 4.57 Å². The van der Waals surface area contributed by atoms with Gasteiger partial charge < -0.3 is 16.4 Å². The maximum absolute atomic E-state index is 11.8. The number of aromatic nitrogens is 2. The van der Waals surface area contributed by atoms with E-state index in [-0.39, 0.29) is 23.6 Å². The van der Waals surface area contributed by atoms with Crippen molar-refractivity contribution in [1.29, 1.82) is 0 Å². The highest BCUT2D eigenvalue weighted by Crippen LogP contribution is 2.23. The Morgan fingerprint density at radius 2 is 1.93 bits per heavy atom. The van der Waals surface area contributed by atoms with E-state index in [1.807, 2.05) is 13.8 Å². The second-order valence-corrected chi connectivity index (χ2v) is 3.92. The normalized spacial score (nSPS) is 23.9. The van der Waals surface area contributed by atoms with Crippen molar-refractivity contribution in [2.45, 2.75) is 25.9 Å². The summed E-state index contributed by atoms with van der Waals surface area (Å²) in [4.78, 5) is 16.0. The summed E-state index contributed by atoms with van der Waals surface area (Å²) in [6.45, 7) is 4.03. The Hall–Kier alpha value is -1.72. The van der Waals surface area contributed by atoms with E-state index in [2.05, 4.69) is 15.6 Å². The molecule has 82 valence electrons. The molecule has 1 aliphatic rings. The van der Waals surface area contributed by atoms with Crippen molar-refractivity contribution in [2.24, 2.45) is 7.05 Å². The first-order valence-corrected chi connectivity index (χ1v) is 4.90. The van der Waals surface area contributed by atoms with E-state index < -0.39 is 0 Å². The van der Waals surface area contributed by atoms with Crippen LogP contribution in [0.4, 0.5) is 17.5 Å². The Balaban J connectivity index is 2.59. The summed E-state index contributed by atoms with van der Waals surface area (Å²) in [6, 6.07) is 0.409. The Kier molecular flexibility index (Phi) is 2.06. The van der Waals surface area contributed by atoms with Crippen LogP contribution in [0, 0.1) is 0 Å². The zero-order valence-corrected chi connectivity index (χ0v) is 9.03. The van der Waals surface area contributed by atoms with Gasteiger partial charge in [-0.15, -0.1) is 0 Å². The molecule has 4 N–H and O–H groups in total. The highest BCUT2D eigenvalue weighted by Gasteiger charge is 2.24. The van der Waals surface area contributed by atoms with Gasteiger partial charge in [0.2, 0.25) is 5.95 Å². The molecule has 2 heterocycles. The molecule has 0 bridgehead atoms. The molecule has 0 saturated carbocycles. The largest absolute Gasteiger partial charge is 0.373 e. The number of nitrogens with zero attached hydrogens (tertiary/aromatic N) is 2. The molecule has 6 heteroatoms. The molecular formula is C9H15N5O. The average molecular weight is 209 g/mol. The van der Waals surface area contributed by atoms with Gasteiger partial charge in [0.25, 0.3) is 5.56 Å². The molecule has 2 unspecified atom stereocenters. The first-order chi connectivity index (χ1) is 7.00. The summed E-state index contributed by atoms with van der Waals surface area (Å²) in [5, 5.41) is 6.28. The summed E-state index contributed by atoms with van der Waals surface area (Å²) in [5.41, 5.74) is 5.96. The molecule has 15 heavy (non-hydrogen) atoms. The summed E-state index contributed by atoms with van der Waals surface area (Å²) in [6.07, 6.45) is 0. The molecule has 0 aliphatic carbocycles. The lowest BCUT2D eigenvalue weighted by molar-refractivity contribution is 0.651. The minimum Gasteiger partial charge on any atom is -0.373 e. The Morgan fingerprint density at radius 3 is 2.60 bits per heavy atom. The van der Waals surface area contributed by atoms with E-state index in [1.54, 1.807) is 7.05 Å². The number of rotatable bonds is 0. The SMILES string of the molecule is CC1Nc2nc(N)n(C)c(=O)c2NC1C. The molecule has 6 nitrogen and oxygen atoms in total. The van der Waals surface area contributed by atoms with E-state index in [0.29, 0.717) is 11.5 Å². The monoisotopic (exact) mass is 209 g/mol. The lowest BCUT2D eigenvalue weighted by atomic mass is 10.1. The Morgan fingerprint density at radius 1 is 1.33 bits per heavy atom. The number of hydrogen-bond donors (Lipinski definition) is 3. The molecule has 0 spiro atoms. The predicted octanol–water partition coefficient (Wildman–Crippen LogP) is -0.0231. The van der Waals surface area contributed by atoms with Gasteiger partial charge in [0.15, 0.2) is 5.82 Å². The maximum Gasteiger partial charge on any atom is 0.280 e. The van der Waals surface area contributed by atoms with Gasteiger partial charge >= 0.3 is 0 Å². The minimum absolute atomic E-state index is 0.149. The number of anilines is 3. The van der Waals surface area contributed by atoms with Gasteiger partial charge in [-0.25, -0.2) is 0 Å². The molecular weight excluding hydrogens is 194 g/mol. The second kappa shape index (κ2) is 3.15. The smallest absolute Gasteiger partial charge is 0.280 e. The Bertz CT molecular complexity index is 453. The van der Waals surface area contributed by atoms with E-state index in [0.717, 1.165) is 0 Å². The zero-order valence-electron chi connectivity index (χ0n) is 9.03. The van der Waals surface area contributed by atoms with E-state index >= 15 is 0 Å². The molecule has 1 aliphatic heterocycles. The van der Waals surface area contributed by atoms with Crippen molar-refractivity contribution < 1.29 is 0 Å². The average Bonchev–Trinajstić information content (AvgIpc) is 2.19. The molecule has 0 aromatic carbocycles. The molecule has 0 radical (unpaired) electrons. The molecule has 0 amide bonds. The van der Waals surface area contributed by atoms with Crippen LogP contribution in [-0.4, -0.2) is 21.6 Å². The van der Waals surface area contributed by atoms with Crippen LogP contribution in [0.15, 0.2) is 4.79 Å². The molecule has 1 aromatic rings. The Labute approximate surface area is 87.5 Å². The predicted molar refractivity (Wildman–Crippen MR) is 60.1 cm³/mol. The number of fused-ring (bicyclic) bond motifs is 1. The van der Waals surface area contributed by atoms with Crippen molar-refractivity contribution in [3.05, 3.63) is 10.4 Å². The van der Waals surface area contributed by atoms with Crippen LogP contribution in [0.1, 0.15) is 13.8 Å². The van der Waals surface area contributed by atoms with E-state index in [9.17, 15) is 4.79 Å². The topological polar surface area (TPSA) is 85.0 Å². The molecule has 2 atom stereocenters. The van der Waals surface area contributed by atoms with Crippen LogP contribution in [-0.2, 0) is 7.05 Å². The third-order valence-corrected chi connectivity index (χ3v) is 2.81.